The standard InChI is InChI=1S/C19H16ClFN4O3/c1-2-16-15(10-22-25(16)13-6-4-12(21)5-7-13)19(28)24-23-18(27)14-9-11(20)3-8-17(14)26/h3-10,26H,2H2,1H3,(H,23,27)(H,24,28). The van der Waals surface area contributed by atoms with Crippen LogP contribution in [-0.2, 0) is 6.42 Å². The van der Waals surface area contributed by atoms with Gasteiger partial charge >= 0.3 is 0 Å². The summed E-state index contributed by atoms with van der Waals surface area (Å²) in [5.74, 6) is -1.95. The normalized spacial score (nSPS) is 10.5. The average Bonchev–Trinajstić information content (AvgIpc) is 3.12. The smallest absolute Gasteiger partial charge is 0.273 e. The van der Waals surface area contributed by atoms with Gasteiger partial charge in [-0.3, -0.25) is 20.4 Å². The van der Waals surface area contributed by atoms with Crippen LogP contribution in [0.1, 0.15) is 33.3 Å². The van der Waals surface area contributed by atoms with Crippen molar-refractivity contribution in [3.05, 3.63) is 76.3 Å². The van der Waals surface area contributed by atoms with Crippen LogP contribution in [0.4, 0.5) is 4.39 Å². The van der Waals surface area contributed by atoms with Crippen LogP contribution >= 0.6 is 11.6 Å². The number of hydrogen-bond donors (Lipinski definition) is 3. The maximum atomic E-state index is 13.1. The molecule has 0 atom stereocenters. The summed E-state index contributed by atoms with van der Waals surface area (Å²) >= 11 is 5.82. The van der Waals surface area contributed by atoms with Gasteiger partial charge in [-0.15, -0.1) is 0 Å². The van der Waals surface area contributed by atoms with Crippen LogP contribution in [0.25, 0.3) is 5.69 Å². The van der Waals surface area contributed by atoms with Crippen LogP contribution in [-0.4, -0.2) is 26.7 Å². The minimum absolute atomic E-state index is 0.0782. The van der Waals surface area contributed by atoms with Crippen LogP contribution in [0.15, 0.2) is 48.7 Å². The lowest BCUT2D eigenvalue weighted by Crippen LogP contribution is -2.41. The maximum Gasteiger partial charge on any atom is 0.273 e. The highest BCUT2D eigenvalue weighted by Crippen LogP contribution is 2.21. The summed E-state index contributed by atoms with van der Waals surface area (Å²) in [6, 6.07) is 9.69. The predicted octanol–water partition coefficient (Wildman–Crippen LogP) is 3.01. The lowest BCUT2D eigenvalue weighted by molar-refractivity contribution is 0.0844. The molecule has 0 unspecified atom stereocenters. The van der Waals surface area contributed by atoms with E-state index < -0.39 is 11.8 Å². The molecular formula is C19H16ClFN4O3. The Morgan fingerprint density at radius 2 is 1.75 bits per heavy atom. The summed E-state index contributed by atoms with van der Waals surface area (Å²) in [5, 5.41) is 14.2. The Hall–Kier alpha value is -3.39. The number of phenolic OH excluding ortho intramolecular Hbond substituents is 1. The fraction of sp³-hybridized carbons (Fsp3) is 0.105. The van der Waals surface area contributed by atoms with Gasteiger partial charge in [0, 0.05) is 5.02 Å². The van der Waals surface area contributed by atoms with Gasteiger partial charge in [-0.2, -0.15) is 5.10 Å². The predicted molar refractivity (Wildman–Crippen MR) is 101 cm³/mol. The second-order valence-electron chi connectivity index (χ2n) is 5.82. The number of phenols is 1. The Morgan fingerprint density at radius 3 is 2.39 bits per heavy atom. The van der Waals surface area contributed by atoms with Crippen LogP contribution in [0.3, 0.4) is 0 Å². The molecule has 9 heteroatoms. The molecule has 0 aliphatic carbocycles. The number of carbonyl (C=O) groups excluding carboxylic acids is 2. The molecule has 3 N–H and O–H groups in total. The van der Waals surface area contributed by atoms with Crippen LogP contribution in [0, 0.1) is 5.82 Å². The first-order valence-electron chi connectivity index (χ1n) is 8.32. The molecule has 1 heterocycles. The van der Waals surface area contributed by atoms with Gasteiger partial charge in [-0.05, 0) is 48.9 Å². The van der Waals surface area contributed by atoms with Crippen LogP contribution in [0.2, 0.25) is 5.02 Å². The summed E-state index contributed by atoms with van der Waals surface area (Å²) < 4.78 is 14.7. The van der Waals surface area contributed by atoms with E-state index in [1.54, 1.807) is 12.1 Å². The third-order valence-corrected chi connectivity index (χ3v) is 4.25. The summed E-state index contributed by atoms with van der Waals surface area (Å²) in [7, 11) is 0. The fourth-order valence-corrected chi connectivity index (χ4v) is 2.82. The van der Waals surface area contributed by atoms with Gasteiger partial charge in [0.05, 0.1) is 28.7 Å². The van der Waals surface area contributed by atoms with E-state index in [0.29, 0.717) is 17.8 Å². The first-order valence-corrected chi connectivity index (χ1v) is 8.70. The largest absolute Gasteiger partial charge is 0.507 e. The van der Waals surface area contributed by atoms with Crippen molar-refractivity contribution < 1.29 is 19.1 Å². The van der Waals surface area contributed by atoms with Crippen molar-refractivity contribution in [1.82, 2.24) is 20.6 Å². The lowest BCUT2D eigenvalue weighted by Gasteiger charge is -2.10. The van der Waals surface area contributed by atoms with Crippen molar-refractivity contribution in [3.63, 3.8) is 0 Å². The highest BCUT2D eigenvalue weighted by Gasteiger charge is 2.19. The molecule has 0 aliphatic rings. The van der Waals surface area contributed by atoms with E-state index in [-0.39, 0.29) is 27.7 Å². The summed E-state index contributed by atoms with van der Waals surface area (Å²) in [4.78, 5) is 24.6. The van der Waals surface area contributed by atoms with Gasteiger partial charge in [-0.25, -0.2) is 9.07 Å². The number of amides is 2. The molecule has 28 heavy (non-hydrogen) atoms. The van der Waals surface area contributed by atoms with Crippen molar-refractivity contribution in [2.24, 2.45) is 0 Å². The first-order chi connectivity index (χ1) is 13.4. The van der Waals surface area contributed by atoms with Crippen molar-refractivity contribution in [2.45, 2.75) is 13.3 Å². The van der Waals surface area contributed by atoms with E-state index in [9.17, 15) is 19.1 Å². The molecule has 2 amide bonds. The number of benzene rings is 2. The monoisotopic (exact) mass is 402 g/mol. The third-order valence-electron chi connectivity index (χ3n) is 4.01. The Kier molecular flexibility index (Phi) is 5.60. The molecule has 0 saturated carbocycles. The molecule has 0 aliphatic heterocycles. The minimum Gasteiger partial charge on any atom is -0.507 e. The number of nitrogens with one attached hydrogen (secondary N) is 2. The first kappa shape index (κ1) is 19.4. The molecule has 144 valence electrons. The number of hydrazine groups is 1. The third kappa shape index (κ3) is 3.96. The number of hydrogen-bond acceptors (Lipinski definition) is 4. The second kappa shape index (κ2) is 8.10. The zero-order chi connectivity index (χ0) is 20.3. The fourth-order valence-electron chi connectivity index (χ4n) is 2.65. The molecule has 0 saturated heterocycles. The summed E-state index contributed by atoms with van der Waals surface area (Å²) in [6.45, 7) is 1.84. The zero-order valence-electron chi connectivity index (χ0n) is 14.7. The van der Waals surface area contributed by atoms with Gasteiger partial charge in [0.1, 0.15) is 11.6 Å². The summed E-state index contributed by atoms with van der Waals surface area (Å²) in [6.07, 6.45) is 1.84. The van der Waals surface area contributed by atoms with E-state index in [2.05, 4.69) is 16.0 Å². The molecule has 7 nitrogen and oxygen atoms in total. The lowest BCUT2D eigenvalue weighted by atomic mass is 10.2. The van der Waals surface area contributed by atoms with Gasteiger partial charge in [0.15, 0.2) is 0 Å². The van der Waals surface area contributed by atoms with E-state index in [1.807, 2.05) is 6.92 Å². The van der Waals surface area contributed by atoms with Crippen molar-refractivity contribution in [1.29, 1.82) is 0 Å². The Bertz CT molecular complexity index is 1030. The molecule has 0 radical (unpaired) electrons. The Morgan fingerprint density at radius 1 is 1.11 bits per heavy atom. The molecule has 0 bridgehead atoms. The van der Waals surface area contributed by atoms with E-state index >= 15 is 0 Å². The van der Waals surface area contributed by atoms with Crippen molar-refractivity contribution in [2.75, 3.05) is 0 Å². The average molecular weight is 403 g/mol. The molecular weight excluding hydrogens is 387 g/mol. The molecule has 0 fully saturated rings. The number of halogens is 2. The van der Waals surface area contributed by atoms with Crippen molar-refractivity contribution >= 4 is 23.4 Å². The number of aromatic hydroxyl groups is 1. The summed E-state index contributed by atoms with van der Waals surface area (Å²) in [5.41, 5.74) is 5.88. The zero-order valence-corrected chi connectivity index (χ0v) is 15.5. The van der Waals surface area contributed by atoms with Gasteiger partial charge in [0.2, 0.25) is 0 Å². The topological polar surface area (TPSA) is 96.2 Å². The van der Waals surface area contributed by atoms with E-state index in [4.69, 9.17) is 11.6 Å². The van der Waals surface area contributed by atoms with E-state index in [0.717, 1.165) is 0 Å². The van der Waals surface area contributed by atoms with E-state index in [1.165, 1.54) is 41.2 Å². The molecule has 3 aromatic rings. The van der Waals surface area contributed by atoms with Crippen LogP contribution < -0.4 is 10.9 Å². The number of aromatic nitrogens is 2. The number of nitrogens with zero attached hydrogens (tertiary/aromatic N) is 2. The highest BCUT2D eigenvalue weighted by molar-refractivity contribution is 6.31. The molecule has 2 aromatic carbocycles. The Balaban J connectivity index is 1.77. The van der Waals surface area contributed by atoms with Crippen LogP contribution in [0.5, 0.6) is 5.75 Å². The second-order valence-corrected chi connectivity index (χ2v) is 6.25. The number of carbonyl (C=O) groups is 2. The number of rotatable bonds is 4. The van der Waals surface area contributed by atoms with Gasteiger partial charge in [0.25, 0.3) is 11.8 Å². The highest BCUT2D eigenvalue weighted by atomic mass is 35.5. The quantitative estimate of drug-likeness (QED) is 0.584. The molecule has 0 spiro atoms. The Labute approximate surface area is 164 Å². The maximum absolute atomic E-state index is 13.1. The minimum atomic E-state index is -0.725. The molecule has 3 rings (SSSR count). The van der Waals surface area contributed by atoms with Crippen molar-refractivity contribution in [3.8, 4) is 11.4 Å². The van der Waals surface area contributed by atoms with Gasteiger partial charge < -0.3 is 5.11 Å². The SMILES string of the molecule is CCc1c(C(=O)NNC(=O)c2cc(Cl)ccc2O)cnn1-c1ccc(F)cc1. The molecule has 1 aromatic heterocycles. The van der Waals surface area contributed by atoms with Gasteiger partial charge in [-0.1, -0.05) is 18.5 Å².